The third-order valence-electron chi connectivity index (χ3n) is 7.70. The molecule has 1 aromatic carbocycles. The Morgan fingerprint density at radius 3 is 2.34 bits per heavy atom. The van der Waals surface area contributed by atoms with Gasteiger partial charge in [0.15, 0.2) is 0 Å². The third-order valence-corrected chi connectivity index (χ3v) is 7.70. The highest BCUT2D eigenvalue weighted by Gasteiger charge is 2.42. The van der Waals surface area contributed by atoms with Crippen LogP contribution in [-0.4, -0.2) is 45.3 Å². The van der Waals surface area contributed by atoms with Gasteiger partial charge in [-0.2, -0.15) is 5.10 Å². The maximum absolute atomic E-state index is 13.4. The Morgan fingerprint density at radius 1 is 1.03 bits per heavy atom. The van der Waals surface area contributed by atoms with Crippen LogP contribution in [0, 0.1) is 11.7 Å². The van der Waals surface area contributed by atoms with Crippen LogP contribution in [0.15, 0.2) is 76.0 Å². The molecule has 3 aromatic heterocycles. The number of hydrogen-bond donors (Lipinski definition) is 0. The zero-order chi connectivity index (χ0) is 23.8. The second-order valence-corrected chi connectivity index (χ2v) is 9.95. The van der Waals surface area contributed by atoms with Crippen LogP contribution < -0.4 is 0 Å². The van der Waals surface area contributed by atoms with Gasteiger partial charge in [-0.1, -0.05) is 0 Å². The first-order valence-corrected chi connectivity index (χ1v) is 12.4. The summed E-state index contributed by atoms with van der Waals surface area (Å²) in [7, 11) is 2.03. The van der Waals surface area contributed by atoms with E-state index in [1.165, 1.54) is 30.7 Å². The van der Waals surface area contributed by atoms with Crippen molar-refractivity contribution in [2.24, 2.45) is 13.0 Å². The average Bonchev–Trinajstić information content (AvgIpc) is 3.63. The Morgan fingerprint density at radius 2 is 1.74 bits per heavy atom. The van der Waals surface area contributed by atoms with Crippen LogP contribution in [-0.2, 0) is 20.1 Å². The normalized spacial score (nSPS) is 23.9. The molecule has 182 valence electrons. The zero-order valence-electron chi connectivity index (χ0n) is 20.0. The van der Waals surface area contributed by atoms with Crippen LogP contribution in [0.3, 0.4) is 0 Å². The predicted molar refractivity (Wildman–Crippen MR) is 131 cm³/mol. The summed E-state index contributed by atoms with van der Waals surface area (Å²) < 4.78 is 26.7. The fourth-order valence-corrected chi connectivity index (χ4v) is 5.98. The monoisotopic (exact) mass is 474 g/mol. The smallest absolute Gasteiger partial charge is 0.123 e. The maximum atomic E-state index is 13.4. The largest absolute Gasteiger partial charge is 0.468 e. The van der Waals surface area contributed by atoms with Gasteiger partial charge in [0.05, 0.1) is 31.3 Å². The number of benzene rings is 1. The molecule has 3 saturated heterocycles. The van der Waals surface area contributed by atoms with E-state index in [-0.39, 0.29) is 5.82 Å². The lowest BCUT2D eigenvalue weighted by Crippen LogP contribution is -2.56. The van der Waals surface area contributed by atoms with Crippen molar-refractivity contribution < 1.29 is 13.2 Å². The minimum atomic E-state index is -0.221. The Hall–Kier alpha value is -3.16. The first-order valence-electron chi connectivity index (χ1n) is 12.4. The number of aryl methyl sites for hydroxylation is 1. The summed E-state index contributed by atoms with van der Waals surface area (Å²) in [5.74, 6) is 2.84. The van der Waals surface area contributed by atoms with E-state index in [4.69, 9.17) is 13.9 Å². The standard InChI is InChI=1S/C28H31FN4O2/c1-31-28(15-27(30-31)20-6-8-22(29)9-7-20)26-19-33-11-10-21(26)14-23(33)16-32(17-24-4-2-12-34-24)18-25-5-3-13-35-25/h2-9,12-13,15,21,23,26H,10-11,14,16-19H2,1H3. The van der Waals surface area contributed by atoms with Gasteiger partial charge in [-0.15, -0.1) is 0 Å². The maximum Gasteiger partial charge on any atom is 0.123 e. The molecule has 3 aliphatic heterocycles. The van der Waals surface area contributed by atoms with Crippen LogP contribution in [0.1, 0.15) is 36.0 Å². The highest BCUT2D eigenvalue weighted by Crippen LogP contribution is 2.42. The van der Waals surface area contributed by atoms with Gasteiger partial charge in [0, 0.05) is 43.4 Å². The van der Waals surface area contributed by atoms with Gasteiger partial charge < -0.3 is 8.83 Å². The van der Waals surface area contributed by atoms with E-state index >= 15 is 0 Å². The second-order valence-electron chi connectivity index (χ2n) is 9.95. The van der Waals surface area contributed by atoms with Crippen LogP contribution in [0.25, 0.3) is 11.3 Å². The molecule has 2 bridgehead atoms. The summed E-state index contributed by atoms with van der Waals surface area (Å²) >= 11 is 0. The Labute approximate surface area is 204 Å². The molecule has 7 heteroatoms. The number of halogens is 1. The number of piperidine rings is 3. The van der Waals surface area contributed by atoms with Gasteiger partial charge in [0.2, 0.25) is 0 Å². The molecule has 4 unspecified atom stereocenters. The summed E-state index contributed by atoms with van der Waals surface area (Å²) in [6.07, 6.45) is 5.87. The molecular weight excluding hydrogens is 443 g/mol. The van der Waals surface area contributed by atoms with Crippen molar-refractivity contribution in [3.63, 3.8) is 0 Å². The molecule has 7 rings (SSSR count). The number of rotatable bonds is 8. The van der Waals surface area contributed by atoms with Gasteiger partial charge in [0.25, 0.3) is 0 Å². The number of nitrogens with zero attached hydrogens (tertiary/aromatic N) is 4. The van der Waals surface area contributed by atoms with Crippen molar-refractivity contribution in [3.05, 3.63) is 90.2 Å². The Balaban J connectivity index is 1.17. The number of furan rings is 2. The van der Waals surface area contributed by atoms with E-state index < -0.39 is 0 Å². The summed E-state index contributed by atoms with van der Waals surface area (Å²) in [4.78, 5) is 5.10. The van der Waals surface area contributed by atoms with Gasteiger partial charge in [-0.05, 0) is 79.9 Å². The summed E-state index contributed by atoms with van der Waals surface area (Å²) in [5, 5.41) is 4.77. The van der Waals surface area contributed by atoms with E-state index in [0.717, 1.165) is 55.5 Å². The summed E-state index contributed by atoms with van der Waals surface area (Å²) in [6.45, 7) is 4.72. The van der Waals surface area contributed by atoms with E-state index in [1.807, 2.05) is 36.0 Å². The van der Waals surface area contributed by atoms with Crippen LogP contribution >= 0.6 is 0 Å². The first kappa shape index (κ1) is 22.3. The van der Waals surface area contributed by atoms with Gasteiger partial charge in [-0.3, -0.25) is 14.5 Å². The molecule has 4 aromatic rings. The average molecular weight is 475 g/mol. The van der Waals surface area contributed by atoms with Crippen LogP contribution in [0.4, 0.5) is 4.39 Å². The fraction of sp³-hybridized carbons (Fsp3) is 0.393. The molecular formula is C28H31FN4O2. The molecule has 4 atom stereocenters. The Kier molecular flexibility index (Phi) is 6.04. The van der Waals surface area contributed by atoms with E-state index in [1.54, 1.807) is 24.7 Å². The summed E-state index contributed by atoms with van der Waals surface area (Å²) in [5.41, 5.74) is 3.15. The van der Waals surface area contributed by atoms with Crippen molar-refractivity contribution in [1.82, 2.24) is 19.6 Å². The SMILES string of the molecule is Cn1nc(-c2ccc(F)cc2)cc1C1CN2CCC1CC2CN(Cc1ccco1)Cc1ccco1. The molecule has 0 N–H and O–H groups in total. The van der Waals surface area contributed by atoms with Crippen LogP contribution in [0.2, 0.25) is 0 Å². The molecule has 0 saturated carbocycles. The lowest BCUT2D eigenvalue weighted by Gasteiger charge is -2.50. The van der Waals surface area contributed by atoms with Crippen molar-refractivity contribution in [2.45, 2.75) is 37.9 Å². The quantitative estimate of drug-likeness (QED) is 0.347. The molecule has 3 aliphatic rings. The predicted octanol–water partition coefficient (Wildman–Crippen LogP) is 5.29. The molecule has 0 spiro atoms. The minimum absolute atomic E-state index is 0.221. The number of aromatic nitrogens is 2. The van der Waals surface area contributed by atoms with E-state index in [0.29, 0.717) is 17.9 Å². The topological polar surface area (TPSA) is 50.6 Å². The van der Waals surface area contributed by atoms with E-state index in [2.05, 4.69) is 15.9 Å². The fourth-order valence-electron chi connectivity index (χ4n) is 5.98. The molecule has 6 heterocycles. The van der Waals surface area contributed by atoms with Gasteiger partial charge in [-0.25, -0.2) is 4.39 Å². The molecule has 3 fully saturated rings. The zero-order valence-corrected chi connectivity index (χ0v) is 20.0. The second kappa shape index (κ2) is 9.47. The van der Waals surface area contributed by atoms with Gasteiger partial charge >= 0.3 is 0 Å². The molecule has 35 heavy (non-hydrogen) atoms. The lowest BCUT2D eigenvalue weighted by molar-refractivity contribution is 0.00571. The highest BCUT2D eigenvalue weighted by molar-refractivity contribution is 5.59. The number of hydrogen-bond acceptors (Lipinski definition) is 5. The van der Waals surface area contributed by atoms with Crippen LogP contribution in [0.5, 0.6) is 0 Å². The van der Waals surface area contributed by atoms with Crippen molar-refractivity contribution >= 4 is 0 Å². The molecule has 6 nitrogen and oxygen atoms in total. The van der Waals surface area contributed by atoms with Gasteiger partial charge in [0.1, 0.15) is 17.3 Å². The first-order chi connectivity index (χ1) is 17.1. The Bertz CT molecular complexity index is 1200. The molecule has 0 amide bonds. The van der Waals surface area contributed by atoms with Crippen molar-refractivity contribution in [2.75, 3.05) is 19.6 Å². The summed E-state index contributed by atoms with van der Waals surface area (Å²) in [6, 6.07) is 17.3. The third kappa shape index (κ3) is 4.70. The van der Waals surface area contributed by atoms with E-state index in [9.17, 15) is 4.39 Å². The molecule has 0 radical (unpaired) electrons. The lowest BCUT2D eigenvalue weighted by atomic mass is 9.74. The van der Waals surface area contributed by atoms with Crippen molar-refractivity contribution in [1.29, 1.82) is 0 Å². The molecule has 0 aliphatic carbocycles. The number of fused-ring (bicyclic) bond motifs is 3. The highest BCUT2D eigenvalue weighted by atomic mass is 19.1. The minimum Gasteiger partial charge on any atom is -0.468 e. The van der Waals surface area contributed by atoms with Crippen molar-refractivity contribution in [3.8, 4) is 11.3 Å².